The number of aromatic nitrogens is 1. The Labute approximate surface area is 111 Å². The standard InChI is InChI=1S/C14H17N3O2/c1-9-17-12-3-2-10(6-13(12)19-9)7-16-14(18)11-4-5-15-8-11/h2-3,6,11,15H,4-5,7-8H2,1H3,(H,16,18). The molecule has 3 rings (SSSR count). The van der Waals surface area contributed by atoms with Gasteiger partial charge in [-0.25, -0.2) is 4.98 Å². The molecule has 1 aliphatic rings. The molecule has 1 unspecified atom stereocenters. The number of aryl methyl sites for hydroxylation is 1. The van der Waals surface area contributed by atoms with E-state index in [0.717, 1.165) is 36.2 Å². The first-order valence-electron chi connectivity index (χ1n) is 6.57. The van der Waals surface area contributed by atoms with E-state index in [9.17, 15) is 4.79 Å². The van der Waals surface area contributed by atoms with Gasteiger partial charge in [-0.05, 0) is 30.7 Å². The largest absolute Gasteiger partial charge is 0.441 e. The molecule has 1 amide bonds. The number of rotatable bonds is 3. The monoisotopic (exact) mass is 259 g/mol. The van der Waals surface area contributed by atoms with Crippen molar-refractivity contribution in [3.8, 4) is 0 Å². The summed E-state index contributed by atoms with van der Waals surface area (Å²) >= 11 is 0. The van der Waals surface area contributed by atoms with Crippen LogP contribution in [0.4, 0.5) is 0 Å². The number of oxazole rings is 1. The van der Waals surface area contributed by atoms with Gasteiger partial charge < -0.3 is 15.1 Å². The molecule has 0 saturated carbocycles. The minimum atomic E-state index is 0.108. The van der Waals surface area contributed by atoms with Crippen LogP contribution in [0.1, 0.15) is 17.9 Å². The van der Waals surface area contributed by atoms with E-state index < -0.39 is 0 Å². The van der Waals surface area contributed by atoms with E-state index in [2.05, 4.69) is 15.6 Å². The molecule has 1 aromatic heterocycles. The first kappa shape index (κ1) is 12.2. The van der Waals surface area contributed by atoms with Crippen LogP contribution in [0.5, 0.6) is 0 Å². The molecule has 5 heteroatoms. The van der Waals surface area contributed by atoms with E-state index in [0.29, 0.717) is 12.4 Å². The van der Waals surface area contributed by atoms with E-state index in [1.54, 1.807) is 0 Å². The van der Waals surface area contributed by atoms with E-state index in [1.807, 2.05) is 25.1 Å². The molecule has 0 bridgehead atoms. The first-order valence-corrected chi connectivity index (χ1v) is 6.57. The molecule has 5 nitrogen and oxygen atoms in total. The number of carbonyl (C=O) groups excluding carboxylic acids is 1. The van der Waals surface area contributed by atoms with Gasteiger partial charge in [-0.3, -0.25) is 4.79 Å². The summed E-state index contributed by atoms with van der Waals surface area (Å²) in [5.41, 5.74) is 2.65. The lowest BCUT2D eigenvalue weighted by Crippen LogP contribution is -2.31. The van der Waals surface area contributed by atoms with Gasteiger partial charge in [0.2, 0.25) is 5.91 Å². The highest BCUT2D eigenvalue weighted by Crippen LogP contribution is 2.17. The average molecular weight is 259 g/mol. The second kappa shape index (κ2) is 5.01. The van der Waals surface area contributed by atoms with Crippen molar-refractivity contribution in [3.63, 3.8) is 0 Å². The van der Waals surface area contributed by atoms with Crippen LogP contribution in [0.2, 0.25) is 0 Å². The highest BCUT2D eigenvalue weighted by molar-refractivity contribution is 5.79. The number of nitrogens with one attached hydrogen (secondary N) is 2. The van der Waals surface area contributed by atoms with Crippen molar-refractivity contribution in [1.29, 1.82) is 0 Å². The molecule has 1 fully saturated rings. The zero-order chi connectivity index (χ0) is 13.2. The van der Waals surface area contributed by atoms with Crippen molar-refractivity contribution >= 4 is 17.0 Å². The lowest BCUT2D eigenvalue weighted by atomic mass is 10.1. The van der Waals surface area contributed by atoms with Gasteiger partial charge in [0, 0.05) is 20.0 Å². The van der Waals surface area contributed by atoms with Gasteiger partial charge in [0.1, 0.15) is 5.52 Å². The Bertz CT molecular complexity index is 600. The molecular formula is C14H17N3O2. The van der Waals surface area contributed by atoms with Crippen LogP contribution in [0.3, 0.4) is 0 Å². The zero-order valence-electron chi connectivity index (χ0n) is 10.9. The van der Waals surface area contributed by atoms with Crippen LogP contribution >= 0.6 is 0 Å². The third-order valence-corrected chi connectivity index (χ3v) is 3.46. The zero-order valence-corrected chi connectivity index (χ0v) is 10.9. The van der Waals surface area contributed by atoms with Gasteiger partial charge in [-0.2, -0.15) is 0 Å². The van der Waals surface area contributed by atoms with Crippen LogP contribution in [0, 0.1) is 12.8 Å². The van der Waals surface area contributed by atoms with Crippen molar-refractivity contribution in [2.24, 2.45) is 5.92 Å². The molecule has 1 aromatic carbocycles. The van der Waals surface area contributed by atoms with Gasteiger partial charge in [-0.1, -0.05) is 6.07 Å². The Morgan fingerprint density at radius 3 is 3.26 bits per heavy atom. The van der Waals surface area contributed by atoms with Gasteiger partial charge >= 0.3 is 0 Å². The molecule has 2 heterocycles. The lowest BCUT2D eigenvalue weighted by molar-refractivity contribution is -0.124. The maximum absolute atomic E-state index is 11.9. The van der Waals surface area contributed by atoms with Crippen molar-refractivity contribution in [2.75, 3.05) is 13.1 Å². The van der Waals surface area contributed by atoms with E-state index >= 15 is 0 Å². The Morgan fingerprint density at radius 2 is 2.47 bits per heavy atom. The molecule has 0 aliphatic carbocycles. The van der Waals surface area contributed by atoms with Crippen LogP contribution in [0.15, 0.2) is 22.6 Å². The minimum Gasteiger partial charge on any atom is -0.441 e. The number of hydrogen-bond donors (Lipinski definition) is 2. The highest BCUT2D eigenvalue weighted by Gasteiger charge is 2.21. The molecule has 2 N–H and O–H groups in total. The summed E-state index contributed by atoms with van der Waals surface area (Å²) in [6, 6.07) is 5.82. The fourth-order valence-electron chi connectivity index (χ4n) is 2.41. The third-order valence-electron chi connectivity index (χ3n) is 3.46. The van der Waals surface area contributed by atoms with Crippen molar-refractivity contribution in [3.05, 3.63) is 29.7 Å². The normalized spacial score (nSPS) is 18.9. The van der Waals surface area contributed by atoms with Crippen LogP contribution in [0.25, 0.3) is 11.1 Å². The van der Waals surface area contributed by atoms with Crippen LogP contribution < -0.4 is 10.6 Å². The molecule has 19 heavy (non-hydrogen) atoms. The Hall–Kier alpha value is -1.88. The fourth-order valence-corrected chi connectivity index (χ4v) is 2.41. The third kappa shape index (κ3) is 2.61. The Morgan fingerprint density at radius 1 is 1.58 bits per heavy atom. The number of benzene rings is 1. The Balaban J connectivity index is 1.65. The maximum Gasteiger partial charge on any atom is 0.224 e. The molecule has 1 atom stereocenters. The second-order valence-corrected chi connectivity index (χ2v) is 4.94. The van der Waals surface area contributed by atoms with Gasteiger partial charge in [0.25, 0.3) is 0 Å². The topological polar surface area (TPSA) is 67.2 Å². The predicted molar refractivity (Wildman–Crippen MR) is 71.6 cm³/mol. The summed E-state index contributed by atoms with van der Waals surface area (Å²) in [6.45, 7) is 4.08. The second-order valence-electron chi connectivity index (χ2n) is 4.94. The number of nitrogens with zero attached hydrogens (tertiary/aromatic N) is 1. The summed E-state index contributed by atoms with van der Waals surface area (Å²) < 4.78 is 5.48. The first-order chi connectivity index (χ1) is 9.22. The number of fused-ring (bicyclic) bond motifs is 1. The van der Waals surface area contributed by atoms with E-state index in [4.69, 9.17) is 4.42 Å². The van der Waals surface area contributed by atoms with Crippen molar-refractivity contribution < 1.29 is 9.21 Å². The number of amides is 1. The molecular weight excluding hydrogens is 242 g/mol. The molecule has 1 saturated heterocycles. The summed E-state index contributed by atoms with van der Waals surface area (Å²) in [5.74, 6) is 0.892. The van der Waals surface area contributed by atoms with Crippen LogP contribution in [-0.2, 0) is 11.3 Å². The van der Waals surface area contributed by atoms with Crippen LogP contribution in [-0.4, -0.2) is 24.0 Å². The molecule has 2 aromatic rings. The highest BCUT2D eigenvalue weighted by atomic mass is 16.3. The number of carbonyl (C=O) groups is 1. The quantitative estimate of drug-likeness (QED) is 0.873. The van der Waals surface area contributed by atoms with Crippen molar-refractivity contribution in [2.45, 2.75) is 19.9 Å². The smallest absolute Gasteiger partial charge is 0.224 e. The Kier molecular flexibility index (Phi) is 3.21. The maximum atomic E-state index is 11.9. The summed E-state index contributed by atoms with van der Waals surface area (Å²) in [6.07, 6.45) is 0.923. The molecule has 1 aliphatic heterocycles. The average Bonchev–Trinajstić information content (AvgIpc) is 3.03. The number of hydrogen-bond acceptors (Lipinski definition) is 4. The van der Waals surface area contributed by atoms with Gasteiger partial charge in [0.15, 0.2) is 11.5 Å². The molecule has 0 spiro atoms. The SMILES string of the molecule is Cc1nc2ccc(CNC(=O)C3CCNC3)cc2o1. The van der Waals surface area contributed by atoms with Gasteiger partial charge in [0.05, 0.1) is 5.92 Å². The fraction of sp³-hybridized carbons (Fsp3) is 0.429. The summed E-state index contributed by atoms with van der Waals surface area (Å²) in [7, 11) is 0. The molecule has 0 radical (unpaired) electrons. The lowest BCUT2D eigenvalue weighted by Gasteiger charge is -2.09. The predicted octanol–water partition coefficient (Wildman–Crippen LogP) is 1.36. The van der Waals surface area contributed by atoms with E-state index in [1.165, 1.54) is 0 Å². The summed E-state index contributed by atoms with van der Waals surface area (Å²) in [4.78, 5) is 16.1. The molecule has 100 valence electrons. The van der Waals surface area contributed by atoms with E-state index in [-0.39, 0.29) is 11.8 Å². The van der Waals surface area contributed by atoms with Crippen molar-refractivity contribution in [1.82, 2.24) is 15.6 Å². The van der Waals surface area contributed by atoms with Gasteiger partial charge in [-0.15, -0.1) is 0 Å². The minimum absolute atomic E-state index is 0.108. The summed E-state index contributed by atoms with van der Waals surface area (Å²) in [5, 5.41) is 6.17.